The molecule has 2 heterocycles. The number of hydrogen-bond donors (Lipinski definition) is 4. The molecule has 0 atom stereocenters. The van der Waals surface area contributed by atoms with E-state index >= 15 is 0 Å². The molecule has 0 bridgehead atoms. The standard InChI is InChI=1S/C29H38N8O4.2H2/c1-6-32-26-23(16-30)27(36-25(35-26)21-8-7-13-31-18-21)37(5)14-15-40-22-11-9-20(10-12-22)17-33-24(38)19-34-28(39)41-29(2,3)4;;/h7-13,16,18,30H,6,14-15,17,19H2,1-5H3,(H,33,38)(H,34,39)(H,32,35,36);2*1H. The van der Waals surface area contributed by atoms with Crippen LogP contribution in [0.25, 0.3) is 11.4 Å². The fraction of sp³-hybridized carbons (Fsp3) is 0.379. The summed E-state index contributed by atoms with van der Waals surface area (Å²) in [6.45, 7) is 8.92. The molecule has 12 nitrogen and oxygen atoms in total. The molecule has 3 aromatic rings. The van der Waals surface area contributed by atoms with E-state index in [1.165, 1.54) is 6.21 Å². The molecular weight excluding hydrogens is 524 g/mol. The lowest BCUT2D eigenvalue weighted by Gasteiger charge is -2.22. The third kappa shape index (κ3) is 9.75. The number of hydrogen-bond acceptors (Lipinski definition) is 10. The molecule has 2 amide bonds. The number of nitrogens with one attached hydrogen (secondary N) is 4. The van der Waals surface area contributed by atoms with Crippen molar-refractivity contribution in [1.82, 2.24) is 25.6 Å². The molecule has 0 aliphatic carbocycles. The molecule has 1 aromatic carbocycles. The first-order valence-electron chi connectivity index (χ1n) is 13.3. The van der Waals surface area contributed by atoms with Crippen LogP contribution in [0, 0.1) is 5.41 Å². The molecule has 3 rings (SSSR count). The topological polar surface area (TPSA) is 154 Å². The maximum Gasteiger partial charge on any atom is 0.408 e. The van der Waals surface area contributed by atoms with Crippen molar-refractivity contribution in [2.75, 3.05) is 43.5 Å². The van der Waals surface area contributed by atoms with Crippen LogP contribution in [0.2, 0.25) is 0 Å². The van der Waals surface area contributed by atoms with Crippen LogP contribution in [0.1, 0.15) is 41.7 Å². The van der Waals surface area contributed by atoms with E-state index in [2.05, 4.69) is 25.9 Å². The van der Waals surface area contributed by atoms with Crippen LogP contribution in [0.15, 0.2) is 48.8 Å². The number of amides is 2. The lowest BCUT2D eigenvalue weighted by atomic mass is 10.2. The molecule has 4 N–H and O–H groups in total. The fourth-order valence-corrected chi connectivity index (χ4v) is 3.65. The summed E-state index contributed by atoms with van der Waals surface area (Å²) < 4.78 is 11.1. The van der Waals surface area contributed by atoms with Gasteiger partial charge in [-0.3, -0.25) is 9.78 Å². The summed E-state index contributed by atoms with van der Waals surface area (Å²) in [5, 5.41) is 16.4. The monoisotopic (exact) mass is 566 g/mol. The van der Waals surface area contributed by atoms with E-state index in [0.29, 0.717) is 55.0 Å². The third-order valence-electron chi connectivity index (χ3n) is 5.60. The summed E-state index contributed by atoms with van der Waals surface area (Å²) in [7, 11) is 1.89. The molecule has 12 heteroatoms. The zero-order valence-electron chi connectivity index (χ0n) is 24.2. The summed E-state index contributed by atoms with van der Waals surface area (Å²) in [4.78, 5) is 39.2. The largest absolute Gasteiger partial charge is 0.492 e. The van der Waals surface area contributed by atoms with E-state index in [0.717, 1.165) is 11.1 Å². The summed E-state index contributed by atoms with van der Waals surface area (Å²) in [6, 6.07) is 11.1. The molecule has 0 spiro atoms. The smallest absolute Gasteiger partial charge is 0.408 e. The number of pyridine rings is 1. The summed E-state index contributed by atoms with van der Waals surface area (Å²) in [5.74, 6) is 2.07. The van der Waals surface area contributed by atoms with Gasteiger partial charge in [-0.2, -0.15) is 0 Å². The highest BCUT2D eigenvalue weighted by atomic mass is 16.6. The van der Waals surface area contributed by atoms with Gasteiger partial charge >= 0.3 is 6.09 Å². The van der Waals surface area contributed by atoms with Gasteiger partial charge < -0.3 is 35.7 Å². The molecule has 0 saturated carbocycles. The minimum atomic E-state index is -0.638. The number of likely N-dealkylation sites (N-methyl/N-ethyl adjacent to an activating group) is 1. The van der Waals surface area contributed by atoms with Gasteiger partial charge in [-0.05, 0) is 57.5 Å². The number of nitrogens with zero attached hydrogens (tertiary/aromatic N) is 4. The van der Waals surface area contributed by atoms with Crippen molar-refractivity contribution in [3.8, 4) is 17.1 Å². The molecule has 2 aromatic heterocycles. The highest BCUT2D eigenvalue weighted by Crippen LogP contribution is 2.26. The minimum Gasteiger partial charge on any atom is -0.492 e. The van der Waals surface area contributed by atoms with Crippen molar-refractivity contribution in [3.05, 3.63) is 59.9 Å². The SMILES string of the molecule is CCNc1nc(-c2cccnc2)nc(N(C)CCOc2ccc(CNC(=O)CNC(=O)OC(C)(C)C)cc2)c1C=N.[HH].[HH]. The number of rotatable bonds is 13. The second-order valence-corrected chi connectivity index (χ2v) is 10.1. The lowest BCUT2D eigenvalue weighted by molar-refractivity contribution is -0.120. The predicted octanol–water partition coefficient (Wildman–Crippen LogP) is 4.12. The average molecular weight is 567 g/mol. The Morgan fingerprint density at radius 2 is 1.88 bits per heavy atom. The van der Waals surface area contributed by atoms with Crippen LogP contribution in [-0.2, 0) is 16.1 Å². The number of carbonyl (C=O) groups is 2. The Kier molecular flexibility index (Phi) is 11.0. The fourth-order valence-electron chi connectivity index (χ4n) is 3.65. The third-order valence-corrected chi connectivity index (χ3v) is 5.60. The van der Waals surface area contributed by atoms with E-state index in [4.69, 9.17) is 19.9 Å². The van der Waals surface area contributed by atoms with E-state index in [-0.39, 0.29) is 15.3 Å². The normalized spacial score (nSPS) is 10.9. The van der Waals surface area contributed by atoms with Crippen molar-refractivity contribution in [2.24, 2.45) is 0 Å². The Morgan fingerprint density at radius 3 is 2.51 bits per heavy atom. The van der Waals surface area contributed by atoms with Gasteiger partial charge in [0.2, 0.25) is 5.91 Å². The summed E-state index contributed by atoms with van der Waals surface area (Å²) >= 11 is 0. The van der Waals surface area contributed by atoms with Gasteiger partial charge in [0.25, 0.3) is 0 Å². The zero-order chi connectivity index (χ0) is 29.8. The molecule has 0 aliphatic rings. The van der Waals surface area contributed by atoms with Crippen LogP contribution >= 0.6 is 0 Å². The molecule has 41 heavy (non-hydrogen) atoms. The molecular formula is C29H42N8O4. The van der Waals surface area contributed by atoms with Crippen LogP contribution in [-0.4, -0.2) is 72.1 Å². The van der Waals surface area contributed by atoms with Crippen molar-refractivity contribution in [1.29, 1.82) is 5.41 Å². The molecule has 0 aliphatic heterocycles. The van der Waals surface area contributed by atoms with Crippen LogP contribution in [0.3, 0.4) is 0 Å². The van der Waals surface area contributed by atoms with Gasteiger partial charge in [-0.25, -0.2) is 14.8 Å². The van der Waals surface area contributed by atoms with Gasteiger partial charge in [0.15, 0.2) is 5.82 Å². The molecule has 222 valence electrons. The molecule has 0 saturated heterocycles. The quantitative estimate of drug-likeness (QED) is 0.224. The second-order valence-electron chi connectivity index (χ2n) is 10.1. The number of aromatic nitrogens is 3. The Hall–Kier alpha value is -4.74. The predicted molar refractivity (Wildman–Crippen MR) is 163 cm³/mol. The van der Waals surface area contributed by atoms with Crippen molar-refractivity contribution in [3.63, 3.8) is 0 Å². The van der Waals surface area contributed by atoms with Gasteiger partial charge in [0.05, 0.1) is 12.1 Å². The van der Waals surface area contributed by atoms with Gasteiger partial charge in [0.1, 0.15) is 36.1 Å². The summed E-state index contributed by atoms with van der Waals surface area (Å²) in [5.41, 5.74) is 1.63. The molecule has 0 unspecified atom stereocenters. The highest BCUT2D eigenvalue weighted by Gasteiger charge is 2.18. The van der Waals surface area contributed by atoms with E-state index in [9.17, 15) is 9.59 Å². The van der Waals surface area contributed by atoms with Crippen LogP contribution < -0.4 is 25.6 Å². The maximum absolute atomic E-state index is 12.0. The highest BCUT2D eigenvalue weighted by molar-refractivity contribution is 5.92. The van der Waals surface area contributed by atoms with E-state index in [1.54, 1.807) is 33.2 Å². The Balaban J connectivity index is 0.00000462. The maximum atomic E-state index is 12.0. The van der Waals surface area contributed by atoms with Crippen LogP contribution in [0.4, 0.5) is 16.4 Å². The average Bonchev–Trinajstić information content (AvgIpc) is 2.95. The zero-order valence-corrected chi connectivity index (χ0v) is 24.2. The Morgan fingerprint density at radius 1 is 1.12 bits per heavy atom. The minimum absolute atomic E-state index is 0. The lowest BCUT2D eigenvalue weighted by Crippen LogP contribution is -2.39. The molecule has 0 fully saturated rings. The van der Waals surface area contributed by atoms with Gasteiger partial charge in [-0.1, -0.05) is 12.1 Å². The Labute approximate surface area is 243 Å². The first kappa shape index (κ1) is 30.8. The first-order chi connectivity index (χ1) is 19.6. The van der Waals surface area contributed by atoms with E-state index < -0.39 is 11.7 Å². The summed E-state index contributed by atoms with van der Waals surface area (Å²) in [6.07, 6.45) is 4.02. The number of alkyl carbamates (subject to hydrolysis) is 1. The Bertz CT molecular complexity index is 1320. The van der Waals surface area contributed by atoms with E-state index in [1.807, 2.05) is 55.3 Å². The molecule has 0 radical (unpaired) electrons. The number of benzene rings is 1. The van der Waals surface area contributed by atoms with Gasteiger partial charge in [0, 0.05) is 47.2 Å². The number of carbonyl (C=O) groups excluding carboxylic acids is 2. The van der Waals surface area contributed by atoms with Crippen molar-refractivity contribution < 1.29 is 21.9 Å². The number of ether oxygens (including phenoxy) is 2. The van der Waals surface area contributed by atoms with Gasteiger partial charge in [-0.15, -0.1) is 0 Å². The van der Waals surface area contributed by atoms with Crippen molar-refractivity contribution >= 4 is 29.9 Å². The van der Waals surface area contributed by atoms with Crippen molar-refractivity contribution in [2.45, 2.75) is 39.8 Å². The first-order valence-corrected chi connectivity index (χ1v) is 13.3. The number of anilines is 2. The second kappa shape index (κ2) is 14.6. The van der Waals surface area contributed by atoms with Crippen LogP contribution in [0.5, 0.6) is 5.75 Å².